The molecule has 0 radical (unpaired) electrons. The van der Waals surface area contributed by atoms with Gasteiger partial charge in [0.25, 0.3) is 11.8 Å². The minimum Gasteiger partial charge on any atom is -0.379 e. The van der Waals surface area contributed by atoms with Gasteiger partial charge in [-0.05, 0) is 37.8 Å². The van der Waals surface area contributed by atoms with E-state index >= 15 is 0 Å². The maximum Gasteiger partial charge on any atom is 0.276 e. The molecule has 2 amide bonds. The van der Waals surface area contributed by atoms with E-state index in [2.05, 4.69) is 25.7 Å². The minimum atomic E-state index is -0.280. The molecular weight excluding hydrogens is 370 g/mol. The molecular formula is C21H27N5O3. The van der Waals surface area contributed by atoms with Crippen molar-refractivity contribution in [3.8, 4) is 0 Å². The summed E-state index contributed by atoms with van der Waals surface area (Å²) in [6.45, 7) is 4.57. The monoisotopic (exact) mass is 397 g/mol. The zero-order valence-electron chi connectivity index (χ0n) is 16.5. The molecule has 154 valence electrons. The van der Waals surface area contributed by atoms with Crippen LogP contribution in [0.15, 0.2) is 24.3 Å². The number of H-pyrrole nitrogens is 1. The van der Waals surface area contributed by atoms with Crippen LogP contribution in [-0.4, -0.2) is 66.3 Å². The maximum atomic E-state index is 12.8. The third kappa shape index (κ3) is 4.65. The summed E-state index contributed by atoms with van der Waals surface area (Å²) in [7, 11) is 0. The lowest BCUT2D eigenvalue weighted by molar-refractivity contribution is 0.0383. The van der Waals surface area contributed by atoms with Gasteiger partial charge in [-0.2, -0.15) is 5.10 Å². The number of hydrogen-bond acceptors (Lipinski definition) is 5. The average molecular weight is 397 g/mol. The number of para-hydroxylation sites is 1. The third-order valence-electron chi connectivity index (χ3n) is 5.51. The fourth-order valence-electron chi connectivity index (χ4n) is 3.89. The van der Waals surface area contributed by atoms with Gasteiger partial charge in [0, 0.05) is 37.4 Å². The zero-order valence-corrected chi connectivity index (χ0v) is 16.5. The summed E-state index contributed by atoms with van der Waals surface area (Å²) in [5.41, 5.74) is 3.43. The zero-order chi connectivity index (χ0) is 20.1. The first-order valence-corrected chi connectivity index (χ1v) is 10.3. The van der Waals surface area contributed by atoms with Gasteiger partial charge in [0.05, 0.1) is 24.5 Å². The number of aromatic amines is 1. The molecule has 0 atom stereocenters. The molecule has 2 aliphatic rings. The summed E-state index contributed by atoms with van der Waals surface area (Å²) < 4.78 is 5.34. The molecule has 3 N–H and O–H groups in total. The molecule has 1 aromatic carbocycles. The molecule has 2 heterocycles. The molecule has 8 nitrogen and oxygen atoms in total. The second-order valence-electron chi connectivity index (χ2n) is 7.45. The Morgan fingerprint density at radius 1 is 1.10 bits per heavy atom. The molecule has 1 aliphatic carbocycles. The van der Waals surface area contributed by atoms with Gasteiger partial charge >= 0.3 is 0 Å². The quantitative estimate of drug-likeness (QED) is 0.688. The van der Waals surface area contributed by atoms with Crippen molar-refractivity contribution in [2.24, 2.45) is 0 Å². The number of nitrogens with zero attached hydrogens (tertiary/aromatic N) is 2. The third-order valence-corrected chi connectivity index (χ3v) is 5.51. The van der Waals surface area contributed by atoms with Crippen molar-refractivity contribution in [3.63, 3.8) is 0 Å². The second kappa shape index (κ2) is 9.19. The van der Waals surface area contributed by atoms with E-state index in [0.29, 0.717) is 23.5 Å². The Morgan fingerprint density at radius 2 is 1.90 bits per heavy atom. The number of carbonyl (C=O) groups is 2. The highest BCUT2D eigenvalue weighted by atomic mass is 16.5. The fraction of sp³-hybridized carbons (Fsp3) is 0.476. The van der Waals surface area contributed by atoms with E-state index in [1.165, 1.54) is 0 Å². The summed E-state index contributed by atoms with van der Waals surface area (Å²) in [6, 6.07) is 7.07. The molecule has 1 aliphatic heterocycles. The largest absolute Gasteiger partial charge is 0.379 e. The molecule has 0 saturated carbocycles. The van der Waals surface area contributed by atoms with Gasteiger partial charge < -0.3 is 15.4 Å². The van der Waals surface area contributed by atoms with Crippen molar-refractivity contribution >= 4 is 17.5 Å². The number of morpholine rings is 1. The smallest absolute Gasteiger partial charge is 0.276 e. The topological polar surface area (TPSA) is 99.4 Å². The maximum absolute atomic E-state index is 12.8. The van der Waals surface area contributed by atoms with Gasteiger partial charge in [-0.25, -0.2) is 0 Å². The SMILES string of the molecule is O=C(NCCN1CCOCC1)c1ccccc1NC(=O)c1n[nH]c2c1CCCC2. The number of ether oxygens (including phenoxy) is 1. The Kier molecular flexibility index (Phi) is 6.21. The van der Waals surface area contributed by atoms with Crippen molar-refractivity contribution in [1.29, 1.82) is 0 Å². The Labute approximate surface area is 170 Å². The molecule has 1 fully saturated rings. The predicted molar refractivity (Wildman–Crippen MR) is 109 cm³/mol. The number of aromatic nitrogens is 2. The lowest BCUT2D eigenvalue weighted by Crippen LogP contribution is -2.41. The van der Waals surface area contributed by atoms with Crippen LogP contribution in [0.3, 0.4) is 0 Å². The molecule has 2 aromatic rings. The van der Waals surface area contributed by atoms with Crippen LogP contribution in [0.4, 0.5) is 5.69 Å². The molecule has 0 bridgehead atoms. The summed E-state index contributed by atoms with van der Waals surface area (Å²) in [6.07, 6.45) is 3.97. The number of fused-ring (bicyclic) bond motifs is 1. The van der Waals surface area contributed by atoms with Gasteiger partial charge in [-0.3, -0.25) is 19.6 Å². The molecule has 1 aromatic heterocycles. The van der Waals surface area contributed by atoms with Crippen LogP contribution in [0, 0.1) is 0 Å². The van der Waals surface area contributed by atoms with Crippen LogP contribution < -0.4 is 10.6 Å². The Balaban J connectivity index is 1.39. The fourth-order valence-corrected chi connectivity index (χ4v) is 3.89. The van der Waals surface area contributed by atoms with Crippen LogP contribution in [0.25, 0.3) is 0 Å². The van der Waals surface area contributed by atoms with Gasteiger partial charge in [-0.15, -0.1) is 0 Å². The number of benzene rings is 1. The first kappa shape index (κ1) is 19.6. The highest BCUT2D eigenvalue weighted by molar-refractivity contribution is 6.08. The lowest BCUT2D eigenvalue weighted by Gasteiger charge is -2.26. The Morgan fingerprint density at radius 3 is 2.76 bits per heavy atom. The van der Waals surface area contributed by atoms with E-state index in [1.54, 1.807) is 24.3 Å². The number of anilines is 1. The van der Waals surface area contributed by atoms with Crippen molar-refractivity contribution in [2.45, 2.75) is 25.7 Å². The Bertz CT molecular complexity index is 873. The average Bonchev–Trinajstić information content (AvgIpc) is 3.19. The van der Waals surface area contributed by atoms with E-state index in [0.717, 1.165) is 69.8 Å². The number of hydrogen-bond donors (Lipinski definition) is 3. The van der Waals surface area contributed by atoms with Crippen molar-refractivity contribution in [3.05, 3.63) is 46.8 Å². The first-order chi connectivity index (χ1) is 14.2. The molecule has 1 saturated heterocycles. The molecule has 8 heteroatoms. The molecule has 29 heavy (non-hydrogen) atoms. The van der Waals surface area contributed by atoms with Crippen molar-refractivity contribution in [2.75, 3.05) is 44.7 Å². The molecule has 4 rings (SSSR count). The van der Waals surface area contributed by atoms with Gasteiger partial charge in [0.1, 0.15) is 0 Å². The Hall–Kier alpha value is -2.71. The van der Waals surface area contributed by atoms with Gasteiger partial charge in [0.2, 0.25) is 0 Å². The summed E-state index contributed by atoms with van der Waals surface area (Å²) in [5, 5.41) is 13.0. The number of amides is 2. The van der Waals surface area contributed by atoms with Crippen LogP contribution in [-0.2, 0) is 17.6 Å². The number of nitrogens with one attached hydrogen (secondary N) is 3. The predicted octanol–water partition coefficient (Wildman–Crippen LogP) is 1.60. The standard InChI is InChI=1S/C21H27N5O3/c27-20(22-9-10-26-11-13-29-14-12-26)16-6-2-3-7-17(16)23-21(28)19-15-5-1-4-8-18(15)24-25-19/h2-3,6-7H,1,4-5,8-14H2,(H,22,27)(H,23,28)(H,24,25). The number of aryl methyl sites for hydroxylation is 1. The highest BCUT2D eigenvalue weighted by Crippen LogP contribution is 2.23. The molecule has 0 unspecified atom stereocenters. The van der Waals surface area contributed by atoms with Crippen molar-refractivity contribution < 1.29 is 14.3 Å². The summed E-state index contributed by atoms with van der Waals surface area (Å²) in [5.74, 6) is -0.476. The summed E-state index contributed by atoms with van der Waals surface area (Å²) in [4.78, 5) is 27.7. The van der Waals surface area contributed by atoms with Gasteiger partial charge in [-0.1, -0.05) is 12.1 Å². The minimum absolute atomic E-state index is 0.196. The van der Waals surface area contributed by atoms with E-state index in [-0.39, 0.29) is 11.8 Å². The van der Waals surface area contributed by atoms with E-state index in [9.17, 15) is 9.59 Å². The number of carbonyl (C=O) groups excluding carboxylic acids is 2. The second-order valence-corrected chi connectivity index (χ2v) is 7.45. The van der Waals surface area contributed by atoms with Crippen LogP contribution in [0.5, 0.6) is 0 Å². The summed E-state index contributed by atoms with van der Waals surface area (Å²) >= 11 is 0. The molecule has 0 spiro atoms. The highest BCUT2D eigenvalue weighted by Gasteiger charge is 2.23. The van der Waals surface area contributed by atoms with Crippen LogP contribution in [0.2, 0.25) is 0 Å². The number of rotatable bonds is 6. The van der Waals surface area contributed by atoms with E-state index in [4.69, 9.17) is 4.74 Å². The lowest BCUT2D eigenvalue weighted by atomic mass is 9.95. The van der Waals surface area contributed by atoms with Crippen LogP contribution >= 0.6 is 0 Å². The van der Waals surface area contributed by atoms with E-state index in [1.807, 2.05) is 0 Å². The normalized spacial score (nSPS) is 16.8. The first-order valence-electron chi connectivity index (χ1n) is 10.3. The van der Waals surface area contributed by atoms with Gasteiger partial charge in [0.15, 0.2) is 5.69 Å². The van der Waals surface area contributed by atoms with E-state index < -0.39 is 0 Å². The van der Waals surface area contributed by atoms with Crippen molar-refractivity contribution in [1.82, 2.24) is 20.4 Å². The van der Waals surface area contributed by atoms with Crippen LogP contribution in [0.1, 0.15) is 44.9 Å².